The van der Waals surface area contributed by atoms with E-state index in [-0.39, 0.29) is 6.03 Å². The van der Waals surface area contributed by atoms with Crippen molar-refractivity contribution in [3.63, 3.8) is 0 Å². The molecule has 0 aliphatic carbocycles. The van der Waals surface area contributed by atoms with Crippen LogP contribution in [0.1, 0.15) is 12.0 Å². The molecule has 4 N–H and O–H groups in total. The largest absolute Gasteiger partial charge is 0.338 e. The summed E-state index contributed by atoms with van der Waals surface area (Å²) in [4.78, 5) is 16.2. The first-order valence-corrected chi connectivity index (χ1v) is 9.59. The van der Waals surface area contributed by atoms with E-state index in [2.05, 4.69) is 46.4 Å². The van der Waals surface area contributed by atoms with E-state index < -0.39 is 0 Å². The van der Waals surface area contributed by atoms with Crippen LogP contribution in [0.4, 0.5) is 4.79 Å². The zero-order valence-electron chi connectivity index (χ0n) is 15.7. The zero-order chi connectivity index (χ0) is 20.0. The minimum atomic E-state index is -0.174. The highest BCUT2D eigenvalue weighted by Crippen LogP contribution is 2.25. The maximum absolute atomic E-state index is 11.2. The van der Waals surface area contributed by atoms with E-state index in [9.17, 15) is 4.79 Å². The fourth-order valence-electron chi connectivity index (χ4n) is 2.39. The summed E-state index contributed by atoms with van der Waals surface area (Å²) >= 11 is 4.41. The van der Waals surface area contributed by atoms with Gasteiger partial charge in [-0.2, -0.15) is 0 Å². The molecule has 0 radical (unpaired) electrons. The van der Waals surface area contributed by atoms with Gasteiger partial charge in [0.2, 0.25) is 0 Å². The Balaban J connectivity index is 0.000000202. The molecule has 28 heavy (non-hydrogen) atoms. The highest BCUT2D eigenvalue weighted by Gasteiger charge is 1.99. The Hall–Kier alpha value is -2.83. The predicted octanol–water partition coefficient (Wildman–Crippen LogP) is 3.87. The van der Waals surface area contributed by atoms with Crippen LogP contribution in [0, 0.1) is 0 Å². The van der Waals surface area contributed by atoms with Crippen molar-refractivity contribution in [2.24, 2.45) is 5.73 Å². The molecule has 0 bridgehead atoms. The van der Waals surface area contributed by atoms with Crippen LogP contribution in [0.2, 0.25) is 0 Å². The maximum Gasteiger partial charge on any atom is 0.315 e. The van der Waals surface area contributed by atoms with Crippen LogP contribution in [-0.4, -0.2) is 24.1 Å². The van der Waals surface area contributed by atoms with Crippen molar-refractivity contribution in [3.8, 4) is 11.1 Å². The Morgan fingerprint density at radius 3 is 2.39 bits per heavy atom. The highest BCUT2D eigenvalue weighted by molar-refractivity contribution is 7.80. The Kier molecular flexibility index (Phi) is 9.61. The SMILES string of the molecule is NCCCNC(=O)NCc1cccnc1.Sc1ccccc1-c1ccccc1. The van der Waals surface area contributed by atoms with Gasteiger partial charge in [-0.1, -0.05) is 54.6 Å². The number of thiol groups is 1. The lowest BCUT2D eigenvalue weighted by Gasteiger charge is -2.06. The number of rotatable bonds is 6. The third kappa shape index (κ3) is 7.82. The van der Waals surface area contributed by atoms with Crippen LogP contribution >= 0.6 is 12.6 Å². The number of amides is 2. The fraction of sp³-hybridized carbons (Fsp3) is 0.182. The van der Waals surface area contributed by atoms with Gasteiger partial charge in [0.15, 0.2) is 0 Å². The quantitative estimate of drug-likeness (QED) is 0.378. The van der Waals surface area contributed by atoms with Gasteiger partial charge in [0.1, 0.15) is 0 Å². The molecule has 2 aromatic carbocycles. The first-order chi connectivity index (χ1) is 13.7. The standard InChI is InChI=1S/C12H10S.C10H16N4O/c13-12-9-5-4-8-11(12)10-6-2-1-3-7-10;11-4-2-6-13-10(15)14-8-9-3-1-5-12-7-9/h1-9,13H;1,3,5,7H,2,4,6,8,11H2,(H2,13,14,15). The molecule has 0 unspecified atom stereocenters. The Morgan fingerprint density at radius 2 is 1.71 bits per heavy atom. The van der Waals surface area contributed by atoms with Crippen LogP contribution in [0.25, 0.3) is 11.1 Å². The molecule has 1 heterocycles. The number of benzene rings is 2. The van der Waals surface area contributed by atoms with E-state index in [1.165, 1.54) is 11.1 Å². The number of pyridine rings is 1. The molecule has 1 aromatic heterocycles. The van der Waals surface area contributed by atoms with E-state index in [0.29, 0.717) is 19.6 Å². The number of hydrogen-bond acceptors (Lipinski definition) is 4. The van der Waals surface area contributed by atoms with E-state index in [0.717, 1.165) is 16.9 Å². The normalized spacial score (nSPS) is 9.79. The monoisotopic (exact) mass is 394 g/mol. The molecule has 0 saturated heterocycles. The topological polar surface area (TPSA) is 80.0 Å². The van der Waals surface area contributed by atoms with Gasteiger partial charge in [-0.15, -0.1) is 12.6 Å². The Labute approximate surface area is 171 Å². The van der Waals surface area contributed by atoms with Gasteiger partial charge in [-0.3, -0.25) is 4.98 Å². The predicted molar refractivity (Wildman–Crippen MR) is 117 cm³/mol. The summed E-state index contributed by atoms with van der Waals surface area (Å²) in [6.07, 6.45) is 4.21. The molecule has 3 aromatic rings. The summed E-state index contributed by atoms with van der Waals surface area (Å²) in [5.41, 5.74) is 8.68. The van der Waals surface area contributed by atoms with Crippen LogP contribution < -0.4 is 16.4 Å². The number of carbonyl (C=O) groups excluding carboxylic acids is 1. The van der Waals surface area contributed by atoms with Gasteiger partial charge in [-0.25, -0.2) is 4.79 Å². The summed E-state index contributed by atoms with van der Waals surface area (Å²) in [6.45, 7) is 1.68. The third-order valence-corrected chi connectivity index (χ3v) is 4.22. The van der Waals surface area contributed by atoms with E-state index in [1.807, 2.05) is 48.5 Å². The number of nitrogens with one attached hydrogen (secondary N) is 2. The van der Waals surface area contributed by atoms with Crippen LogP contribution in [0.15, 0.2) is 84.0 Å². The molecule has 0 aliphatic heterocycles. The lowest BCUT2D eigenvalue weighted by molar-refractivity contribution is 0.240. The molecule has 0 fully saturated rings. The first-order valence-electron chi connectivity index (χ1n) is 9.15. The summed E-state index contributed by atoms with van der Waals surface area (Å²) < 4.78 is 0. The molecule has 0 saturated carbocycles. The van der Waals surface area contributed by atoms with Crippen LogP contribution in [0.5, 0.6) is 0 Å². The number of carbonyl (C=O) groups is 1. The summed E-state index contributed by atoms with van der Waals surface area (Å²) in [6, 6.07) is 22.0. The number of nitrogens with two attached hydrogens (primary N) is 1. The molecule has 0 spiro atoms. The maximum atomic E-state index is 11.2. The van der Waals surface area contributed by atoms with Gasteiger partial charge >= 0.3 is 6.03 Å². The van der Waals surface area contributed by atoms with Crippen molar-refractivity contribution in [2.75, 3.05) is 13.1 Å². The zero-order valence-corrected chi connectivity index (χ0v) is 16.6. The van der Waals surface area contributed by atoms with Gasteiger partial charge in [0.05, 0.1) is 0 Å². The molecule has 5 nitrogen and oxygen atoms in total. The second kappa shape index (κ2) is 12.5. The molecule has 0 atom stereocenters. The average Bonchev–Trinajstić information content (AvgIpc) is 2.75. The van der Waals surface area contributed by atoms with Crippen molar-refractivity contribution in [1.29, 1.82) is 0 Å². The van der Waals surface area contributed by atoms with Crippen molar-refractivity contribution in [1.82, 2.24) is 15.6 Å². The molecule has 2 amide bonds. The van der Waals surface area contributed by atoms with E-state index in [4.69, 9.17) is 5.73 Å². The lowest BCUT2D eigenvalue weighted by atomic mass is 10.1. The average molecular weight is 395 g/mol. The van der Waals surface area contributed by atoms with Gasteiger partial charge < -0.3 is 16.4 Å². The number of nitrogens with zero attached hydrogens (tertiary/aromatic N) is 1. The van der Waals surface area contributed by atoms with Crippen LogP contribution in [0.3, 0.4) is 0 Å². The minimum Gasteiger partial charge on any atom is -0.338 e. The summed E-state index contributed by atoms with van der Waals surface area (Å²) in [7, 11) is 0. The second-order valence-electron chi connectivity index (χ2n) is 6.00. The lowest BCUT2D eigenvalue weighted by Crippen LogP contribution is -2.36. The first kappa shape index (κ1) is 21.5. The number of hydrogen-bond donors (Lipinski definition) is 4. The number of aromatic nitrogens is 1. The fourth-order valence-corrected chi connectivity index (χ4v) is 2.68. The Bertz CT molecular complexity index is 828. The molecule has 146 valence electrons. The highest BCUT2D eigenvalue weighted by atomic mass is 32.1. The molecular formula is C22H26N4OS. The van der Waals surface area contributed by atoms with Crippen molar-refractivity contribution in [3.05, 3.63) is 84.7 Å². The van der Waals surface area contributed by atoms with E-state index >= 15 is 0 Å². The van der Waals surface area contributed by atoms with Crippen molar-refractivity contribution >= 4 is 18.7 Å². The molecule has 0 aliphatic rings. The number of urea groups is 1. The minimum absolute atomic E-state index is 0.174. The molecule has 6 heteroatoms. The van der Waals surface area contributed by atoms with Crippen molar-refractivity contribution in [2.45, 2.75) is 17.9 Å². The van der Waals surface area contributed by atoms with Gasteiger partial charge in [-0.05, 0) is 41.8 Å². The van der Waals surface area contributed by atoms with Crippen LogP contribution in [-0.2, 0) is 6.54 Å². The van der Waals surface area contributed by atoms with Crippen molar-refractivity contribution < 1.29 is 4.79 Å². The second-order valence-corrected chi connectivity index (χ2v) is 6.48. The summed E-state index contributed by atoms with van der Waals surface area (Å²) in [5.74, 6) is 0. The Morgan fingerprint density at radius 1 is 0.964 bits per heavy atom. The third-order valence-electron chi connectivity index (χ3n) is 3.83. The van der Waals surface area contributed by atoms with Gasteiger partial charge in [0, 0.05) is 30.4 Å². The summed E-state index contributed by atoms with van der Waals surface area (Å²) in [5, 5.41) is 5.43. The van der Waals surface area contributed by atoms with E-state index in [1.54, 1.807) is 12.4 Å². The molecule has 3 rings (SSSR count). The molecular weight excluding hydrogens is 368 g/mol. The van der Waals surface area contributed by atoms with Gasteiger partial charge in [0.25, 0.3) is 0 Å². The smallest absolute Gasteiger partial charge is 0.315 e.